The highest BCUT2D eigenvalue weighted by Gasteiger charge is 2.64. The van der Waals surface area contributed by atoms with Gasteiger partial charge in [0, 0.05) is 12.5 Å². The van der Waals surface area contributed by atoms with E-state index in [2.05, 4.69) is 74.5 Å². The van der Waals surface area contributed by atoms with Crippen molar-refractivity contribution in [2.75, 3.05) is 13.3 Å². The van der Waals surface area contributed by atoms with E-state index < -0.39 is 0 Å². The molecule has 0 amide bonds. The van der Waals surface area contributed by atoms with Gasteiger partial charge in [0.1, 0.15) is 0 Å². The lowest BCUT2D eigenvalue weighted by molar-refractivity contribution is -0.0171. The number of benzene rings is 2. The van der Waals surface area contributed by atoms with Gasteiger partial charge in [-0.2, -0.15) is 0 Å². The maximum absolute atomic E-state index is 6.07. The zero-order valence-corrected chi connectivity index (χ0v) is 16.5. The molecule has 2 aromatic rings. The highest BCUT2D eigenvalue weighted by atomic mass is 31.1. The van der Waals surface area contributed by atoms with Crippen molar-refractivity contribution in [2.24, 2.45) is 16.7 Å². The molecule has 0 aliphatic heterocycles. The molecule has 0 unspecified atom stereocenters. The van der Waals surface area contributed by atoms with Crippen LogP contribution < -0.4 is 10.6 Å². The molecule has 0 heterocycles. The zero-order valence-electron chi connectivity index (χ0n) is 15.6. The van der Waals surface area contributed by atoms with Crippen molar-refractivity contribution in [3.05, 3.63) is 60.7 Å². The summed E-state index contributed by atoms with van der Waals surface area (Å²) in [4.78, 5) is 0. The lowest BCUT2D eigenvalue weighted by Gasteiger charge is -2.44. The van der Waals surface area contributed by atoms with E-state index in [9.17, 15) is 0 Å². The molecule has 2 fully saturated rings. The molecule has 2 aliphatic rings. The molecular weight excluding hydrogens is 323 g/mol. The van der Waals surface area contributed by atoms with Gasteiger partial charge in [-0.25, -0.2) is 0 Å². The van der Waals surface area contributed by atoms with Crippen LogP contribution in [0.4, 0.5) is 0 Å². The quantitative estimate of drug-likeness (QED) is 0.691. The summed E-state index contributed by atoms with van der Waals surface area (Å²) in [7, 11) is 1.57. The Morgan fingerprint density at radius 3 is 2.00 bits per heavy atom. The van der Waals surface area contributed by atoms with E-state index in [1.807, 2.05) is 7.11 Å². The second-order valence-electron chi connectivity index (χ2n) is 8.33. The second-order valence-corrected chi connectivity index (χ2v) is 10.5. The first-order valence-electron chi connectivity index (χ1n) is 9.49. The van der Waals surface area contributed by atoms with Gasteiger partial charge in [-0.05, 0) is 55.3 Å². The van der Waals surface area contributed by atoms with Gasteiger partial charge in [0.25, 0.3) is 0 Å². The molecule has 3 atom stereocenters. The Bertz CT molecular complexity index is 672. The van der Waals surface area contributed by atoms with Crippen molar-refractivity contribution in [2.45, 2.75) is 39.2 Å². The summed E-state index contributed by atoms with van der Waals surface area (Å²) >= 11 is 0. The molecule has 25 heavy (non-hydrogen) atoms. The van der Waals surface area contributed by atoms with Crippen LogP contribution in [0.1, 0.15) is 33.1 Å². The first kappa shape index (κ1) is 17.3. The van der Waals surface area contributed by atoms with Gasteiger partial charge in [0.05, 0.1) is 6.10 Å². The van der Waals surface area contributed by atoms with E-state index in [0.717, 1.165) is 5.92 Å². The van der Waals surface area contributed by atoms with Crippen molar-refractivity contribution in [1.29, 1.82) is 0 Å². The van der Waals surface area contributed by atoms with E-state index in [-0.39, 0.29) is 7.92 Å². The number of fused-ring (bicyclic) bond motifs is 2. The molecule has 2 saturated carbocycles. The van der Waals surface area contributed by atoms with E-state index in [1.165, 1.54) is 36.0 Å². The first-order chi connectivity index (χ1) is 12.1. The Kier molecular flexibility index (Phi) is 4.50. The van der Waals surface area contributed by atoms with Crippen LogP contribution in [0.2, 0.25) is 0 Å². The number of ether oxygens (including phenoxy) is 1. The maximum atomic E-state index is 6.07. The number of hydrogen-bond donors (Lipinski definition) is 0. The largest absolute Gasteiger partial charge is 0.381 e. The molecular formula is C23H29OP. The fourth-order valence-corrected chi connectivity index (χ4v) is 8.59. The molecule has 2 bridgehead atoms. The summed E-state index contributed by atoms with van der Waals surface area (Å²) in [6, 6.07) is 22.3. The number of hydrogen-bond acceptors (Lipinski definition) is 1. The van der Waals surface area contributed by atoms with Crippen molar-refractivity contribution in [3.63, 3.8) is 0 Å². The molecule has 0 saturated heterocycles. The minimum absolute atomic E-state index is 0.309. The monoisotopic (exact) mass is 352 g/mol. The van der Waals surface area contributed by atoms with Crippen LogP contribution in [0.15, 0.2) is 60.7 Å². The standard InChI is InChI=1S/C23H29OP/c1-22(2)18-14-15-23(22,21(16-18)24-3)17-25(19-10-6-4-7-11-19)20-12-8-5-9-13-20/h4-13,18,21H,14-17H2,1-3H3/t18-,21+,23-/m1/s1. The molecule has 2 aromatic carbocycles. The average Bonchev–Trinajstić information content (AvgIpc) is 3.02. The molecule has 0 N–H and O–H groups in total. The summed E-state index contributed by atoms with van der Waals surface area (Å²) in [6.45, 7) is 5.01. The molecule has 1 nitrogen and oxygen atoms in total. The van der Waals surface area contributed by atoms with Crippen LogP contribution in [0, 0.1) is 16.7 Å². The predicted octanol–water partition coefficient (Wildman–Crippen LogP) is 4.96. The fourth-order valence-electron chi connectivity index (χ4n) is 5.53. The second kappa shape index (κ2) is 6.53. The minimum atomic E-state index is -0.360. The minimum Gasteiger partial charge on any atom is -0.381 e. The molecule has 2 aliphatic carbocycles. The van der Waals surface area contributed by atoms with Crippen molar-refractivity contribution in [3.8, 4) is 0 Å². The number of rotatable bonds is 5. The highest BCUT2D eigenvalue weighted by Crippen LogP contribution is 2.69. The van der Waals surface area contributed by atoms with Crippen LogP contribution >= 0.6 is 7.92 Å². The van der Waals surface area contributed by atoms with Gasteiger partial charge in [-0.15, -0.1) is 0 Å². The molecule has 132 valence electrons. The van der Waals surface area contributed by atoms with Crippen molar-refractivity contribution in [1.82, 2.24) is 0 Å². The van der Waals surface area contributed by atoms with Crippen LogP contribution in [-0.4, -0.2) is 19.4 Å². The molecule has 0 aromatic heterocycles. The Labute approximate surface area is 153 Å². The van der Waals surface area contributed by atoms with Gasteiger partial charge in [-0.1, -0.05) is 74.5 Å². The summed E-state index contributed by atoms with van der Waals surface area (Å²) in [5.41, 5.74) is 0.682. The Morgan fingerprint density at radius 2 is 1.52 bits per heavy atom. The van der Waals surface area contributed by atoms with Gasteiger partial charge in [0.15, 0.2) is 0 Å². The van der Waals surface area contributed by atoms with Gasteiger partial charge in [-0.3, -0.25) is 0 Å². The van der Waals surface area contributed by atoms with Crippen LogP contribution in [-0.2, 0) is 4.74 Å². The van der Waals surface area contributed by atoms with Crippen molar-refractivity contribution >= 4 is 18.5 Å². The first-order valence-corrected chi connectivity index (χ1v) is 11.0. The SMILES string of the molecule is CO[C@H]1C[C@H]2CC[C@]1(CP(c1ccccc1)c1ccccc1)C2(C)C. The van der Waals surface area contributed by atoms with E-state index in [1.54, 1.807) is 0 Å². The maximum Gasteiger partial charge on any atom is 0.0639 e. The van der Waals surface area contributed by atoms with Crippen LogP contribution in [0.3, 0.4) is 0 Å². The van der Waals surface area contributed by atoms with Gasteiger partial charge >= 0.3 is 0 Å². The van der Waals surface area contributed by atoms with E-state index in [4.69, 9.17) is 4.74 Å². The average molecular weight is 352 g/mol. The summed E-state index contributed by atoms with van der Waals surface area (Å²) in [5, 5.41) is 3.00. The van der Waals surface area contributed by atoms with E-state index >= 15 is 0 Å². The molecule has 4 rings (SSSR count). The normalized spacial score (nSPS) is 30.1. The van der Waals surface area contributed by atoms with Gasteiger partial charge < -0.3 is 4.74 Å². The lowest BCUT2D eigenvalue weighted by Crippen LogP contribution is -2.43. The van der Waals surface area contributed by atoms with Crippen LogP contribution in [0.25, 0.3) is 0 Å². The van der Waals surface area contributed by atoms with Crippen LogP contribution in [0.5, 0.6) is 0 Å². The zero-order chi connectivity index (χ0) is 17.5. The third-order valence-electron chi connectivity index (χ3n) is 7.22. The highest BCUT2D eigenvalue weighted by molar-refractivity contribution is 7.73. The lowest BCUT2D eigenvalue weighted by atomic mass is 9.69. The summed E-state index contributed by atoms with van der Waals surface area (Å²) < 4.78 is 6.07. The Hall–Kier alpha value is -1.17. The Balaban J connectivity index is 1.76. The molecule has 2 heteroatoms. The third kappa shape index (κ3) is 2.68. The van der Waals surface area contributed by atoms with Crippen molar-refractivity contribution < 1.29 is 4.74 Å². The number of methoxy groups -OCH3 is 1. The Morgan fingerprint density at radius 1 is 0.960 bits per heavy atom. The van der Waals surface area contributed by atoms with Gasteiger partial charge in [0.2, 0.25) is 0 Å². The molecule has 0 radical (unpaired) electrons. The van der Waals surface area contributed by atoms with E-state index in [0.29, 0.717) is 16.9 Å². The molecule has 0 spiro atoms. The fraction of sp³-hybridized carbons (Fsp3) is 0.478. The topological polar surface area (TPSA) is 9.23 Å². The smallest absolute Gasteiger partial charge is 0.0639 e. The third-order valence-corrected chi connectivity index (χ3v) is 9.94. The summed E-state index contributed by atoms with van der Waals surface area (Å²) in [6.07, 6.45) is 5.61. The predicted molar refractivity (Wildman–Crippen MR) is 108 cm³/mol. The summed E-state index contributed by atoms with van der Waals surface area (Å²) in [5.74, 6) is 0.820.